The molecule has 0 aliphatic heterocycles. The van der Waals surface area contributed by atoms with Gasteiger partial charge in [0, 0.05) is 39.0 Å². The topological polar surface area (TPSA) is 59.0 Å². The van der Waals surface area contributed by atoms with Crippen LogP contribution in [0.2, 0.25) is 0 Å². The van der Waals surface area contributed by atoms with Gasteiger partial charge in [0.15, 0.2) is 0 Å². The van der Waals surface area contributed by atoms with E-state index in [1.165, 1.54) is 12.5 Å². The molecule has 2 N–H and O–H groups in total. The van der Waals surface area contributed by atoms with Crippen LogP contribution in [0.15, 0.2) is 42.7 Å². The van der Waals surface area contributed by atoms with Gasteiger partial charge in [0.1, 0.15) is 0 Å². The molecule has 0 unspecified atom stereocenters. The Kier molecular flexibility index (Phi) is 4.69. The van der Waals surface area contributed by atoms with E-state index in [0.29, 0.717) is 6.54 Å². The highest BCUT2D eigenvalue weighted by Crippen LogP contribution is 2.08. The minimum atomic E-state index is 0.00498. The van der Waals surface area contributed by atoms with Crippen molar-refractivity contribution in [3.8, 4) is 5.69 Å². The van der Waals surface area contributed by atoms with E-state index in [4.69, 9.17) is 0 Å². The minimum absolute atomic E-state index is 0.00498. The largest absolute Gasteiger partial charge is 0.355 e. The Balaban J connectivity index is 1.78. The number of carbonyl (C=O) groups excluding carboxylic acids is 1. The molecule has 2 rings (SSSR count). The van der Waals surface area contributed by atoms with E-state index in [9.17, 15) is 4.79 Å². The molecule has 0 radical (unpaired) electrons. The quantitative estimate of drug-likeness (QED) is 0.763. The van der Waals surface area contributed by atoms with Crippen LogP contribution in [-0.2, 0) is 11.3 Å². The number of amides is 1. The molecular formula is C14H18N4O. The van der Waals surface area contributed by atoms with Crippen molar-refractivity contribution in [1.82, 2.24) is 20.4 Å². The fraction of sp³-hybridized carbons (Fsp3) is 0.286. The summed E-state index contributed by atoms with van der Waals surface area (Å²) in [6.07, 6.45) is 3.68. The van der Waals surface area contributed by atoms with Crippen molar-refractivity contribution in [2.45, 2.75) is 13.5 Å². The van der Waals surface area contributed by atoms with Crippen molar-refractivity contribution in [2.75, 3.05) is 13.1 Å². The first-order chi connectivity index (χ1) is 9.25. The summed E-state index contributed by atoms with van der Waals surface area (Å²) in [6, 6.07) is 10.1. The average molecular weight is 258 g/mol. The third-order valence-electron chi connectivity index (χ3n) is 2.71. The highest BCUT2D eigenvalue weighted by atomic mass is 16.1. The molecule has 19 heavy (non-hydrogen) atoms. The van der Waals surface area contributed by atoms with Crippen LogP contribution in [0.5, 0.6) is 0 Å². The molecule has 0 spiro atoms. The molecule has 5 heteroatoms. The minimum Gasteiger partial charge on any atom is -0.355 e. The van der Waals surface area contributed by atoms with Gasteiger partial charge < -0.3 is 10.6 Å². The van der Waals surface area contributed by atoms with Crippen LogP contribution >= 0.6 is 0 Å². The lowest BCUT2D eigenvalue weighted by molar-refractivity contribution is -0.118. The fourth-order valence-corrected chi connectivity index (χ4v) is 1.75. The molecule has 5 nitrogen and oxygen atoms in total. The normalized spacial score (nSPS) is 10.4. The van der Waals surface area contributed by atoms with E-state index in [2.05, 4.69) is 27.9 Å². The SMILES string of the molecule is CC(=O)NCCNCc1ccc(-n2cccn2)cc1. The van der Waals surface area contributed by atoms with Crippen LogP contribution in [0.1, 0.15) is 12.5 Å². The van der Waals surface area contributed by atoms with E-state index < -0.39 is 0 Å². The lowest BCUT2D eigenvalue weighted by Gasteiger charge is -2.07. The van der Waals surface area contributed by atoms with Gasteiger partial charge in [-0.15, -0.1) is 0 Å². The van der Waals surface area contributed by atoms with Crippen molar-refractivity contribution in [1.29, 1.82) is 0 Å². The maximum absolute atomic E-state index is 10.7. The maximum Gasteiger partial charge on any atom is 0.216 e. The predicted octanol–water partition coefficient (Wildman–Crippen LogP) is 1.10. The summed E-state index contributed by atoms with van der Waals surface area (Å²) in [6.45, 7) is 3.73. The number of hydrogen-bond donors (Lipinski definition) is 2. The van der Waals surface area contributed by atoms with Gasteiger partial charge in [0.25, 0.3) is 0 Å². The molecule has 1 heterocycles. The second-order valence-corrected chi connectivity index (χ2v) is 4.28. The summed E-state index contributed by atoms with van der Waals surface area (Å²) in [5.41, 5.74) is 2.26. The highest BCUT2D eigenvalue weighted by Gasteiger charge is 1.97. The molecule has 1 aromatic heterocycles. The number of nitrogens with zero attached hydrogens (tertiary/aromatic N) is 2. The number of carbonyl (C=O) groups is 1. The van der Waals surface area contributed by atoms with Gasteiger partial charge in [0.05, 0.1) is 5.69 Å². The molecule has 0 bridgehead atoms. The van der Waals surface area contributed by atoms with Gasteiger partial charge >= 0.3 is 0 Å². The smallest absolute Gasteiger partial charge is 0.216 e. The second kappa shape index (κ2) is 6.70. The summed E-state index contributed by atoms with van der Waals surface area (Å²) < 4.78 is 1.83. The Morgan fingerprint density at radius 1 is 1.26 bits per heavy atom. The zero-order valence-electron chi connectivity index (χ0n) is 11.0. The van der Waals surface area contributed by atoms with Crippen molar-refractivity contribution in [3.63, 3.8) is 0 Å². The molecule has 100 valence electrons. The monoisotopic (exact) mass is 258 g/mol. The van der Waals surface area contributed by atoms with E-state index in [0.717, 1.165) is 18.8 Å². The second-order valence-electron chi connectivity index (χ2n) is 4.28. The average Bonchev–Trinajstić information content (AvgIpc) is 2.93. The van der Waals surface area contributed by atoms with Crippen LogP contribution in [0.4, 0.5) is 0 Å². The first kappa shape index (κ1) is 13.3. The lowest BCUT2D eigenvalue weighted by Crippen LogP contribution is -2.29. The van der Waals surface area contributed by atoms with Crippen LogP contribution < -0.4 is 10.6 Å². The van der Waals surface area contributed by atoms with Crippen molar-refractivity contribution < 1.29 is 4.79 Å². The number of nitrogens with one attached hydrogen (secondary N) is 2. The Hall–Kier alpha value is -2.14. The third-order valence-corrected chi connectivity index (χ3v) is 2.71. The van der Waals surface area contributed by atoms with Gasteiger partial charge in [0.2, 0.25) is 5.91 Å². The molecule has 0 atom stereocenters. The standard InChI is InChI=1S/C14H18N4O/c1-12(19)16-9-8-15-11-13-3-5-14(6-4-13)18-10-2-7-17-18/h2-7,10,15H,8-9,11H2,1H3,(H,16,19). The van der Waals surface area contributed by atoms with E-state index in [1.54, 1.807) is 6.20 Å². The molecule has 0 saturated heterocycles. The molecule has 0 fully saturated rings. The Bertz CT molecular complexity index is 505. The highest BCUT2D eigenvalue weighted by molar-refractivity contribution is 5.72. The number of benzene rings is 1. The molecule has 0 saturated carbocycles. The zero-order valence-corrected chi connectivity index (χ0v) is 11.0. The molecule has 1 aromatic carbocycles. The van der Waals surface area contributed by atoms with Crippen LogP contribution in [-0.4, -0.2) is 28.8 Å². The predicted molar refractivity (Wildman–Crippen MR) is 74.0 cm³/mol. The number of aromatic nitrogens is 2. The Labute approximate surface area is 112 Å². The summed E-state index contributed by atoms with van der Waals surface area (Å²) in [5, 5.41) is 10.2. The summed E-state index contributed by atoms with van der Waals surface area (Å²) in [5.74, 6) is 0.00498. The summed E-state index contributed by atoms with van der Waals surface area (Å²) >= 11 is 0. The summed E-state index contributed by atoms with van der Waals surface area (Å²) in [4.78, 5) is 10.7. The van der Waals surface area contributed by atoms with Crippen molar-refractivity contribution in [3.05, 3.63) is 48.3 Å². The Morgan fingerprint density at radius 3 is 2.68 bits per heavy atom. The summed E-state index contributed by atoms with van der Waals surface area (Å²) in [7, 11) is 0. The van der Waals surface area contributed by atoms with Crippen molar-refractivity contribution in [2.24, 2.45) is 0 Å². The van der Waals surface area contributed by atoms with Crippen LogP contribution in [0.25, 0.3) is 5.69 Å². The maximum atomic E-state index is 10.7. The molecular weight excluding hydrogens is 240 g/mol. The van der Waals surface area contributed by atoms with Gasteiger partial charge in [-0.1, -0.05) is 12.1 Å². The van der Waals surface area contributed by atoms with Gasteiger partial charge in [-0.3, -0.25) is 4.79 Å². The molecule has 2 aromatic rings. The van der Waals surface area contributed by atoms with E-state index >= 15 is 0 Å². The number of hydrogen-bond acceptors (Lipinski definition) is 3. The lowest BCUT2D eigenvalue weighted by atomic mass is 10.2. The first-order valence-electron chi connectivity index (χ1n) is 6.30. The first-order valence-corrected chi connectivity index (χ1v) is 6.30. The van der Waals surface area contributed by atoms with Crippen molar-refractivity contribution >= 4 is 5.91 Å². The molecule has 0 aliphatic rings. The van der Waals surface area contributed by atoms with E-state index in [-0.39, 0.29) is 5.91 Å². The Morgan fingerprint density at radius 2 is 2.05 bits per heavy atom. The zero-order chi connectivity index (χ0) is 13.5. The fourth-order valence-electron chi connectivity index (χ4n) is 1.75. The van der Waals surface area contributed by atoms with Gasteiger partial charge in [-0.25, -0.2) is 4.68 Å². The third kappa shape index (κ3) is 4.22. The molecule has 0 aliphatic carbocycles. The van der Waals surface area contributed by atoms with E-state index in [1.807, 2.05) is 29.1 Å². The van der Waals surface area contributed by atoms with Gasteiger partial charge in [-0.05, 0) is 23.8 Å². The number of rotatable bonds is 6. The molecule has 1 amide bonds. The van der Waals surface area contributed by atoms with Crippen LogP contribution in [0, 0.1) is 0 Å². The van der Waals surface area contributed by atoms with Crippen LogP contribution in [0.3, 0.4) is 0 Å². The van der Waals surface area contributed by atoms with Gasteiger partial charge in [-0.2, -0.15) is 5.10 Å².